The lowest BCUT2D eigenvalue weighted by atomic mass is 9.99. The summed E-state index contributed by atoms with van der Waals surface area (Å²) >= 11 is 0. The fourth-order valence-corrected chi connectivity index (χ4v) is 2.37. The normalized spacial score (nSPS) is 24.9. The molecule has 1 fully saturated rings. The Hall–Kier alpha value is -1.36. The molecule has 0 aromatic carbocycles. The molecule has 1 amide bonds. The Morgan fingerprint density at radius 1 is 1.59 bits per heavy atom. The number of amides is 1. The van der Waals surface area contributed by atoms with Gasteiger partial charge in [-0.1, -0.05) is 0 Å². The van der Waals surface area contributed by atoms with Gasteiger partial charge in [0.15, 0.2) is 0 Å². The van der Waals surface area contributed by atoms with E-state index >= 15 is 0 Å². The number of carbonyl (C=O) groups is 1. The molecule has 2 N–H and O–H groups in total. The van der Waals surface area contributed by atoms with Crippen LogP contribution >= 0.6 is 0 Å². The second-order valence-corrected chi connectivity index (χ2v) is 4.77. The molecule has 1 aliphatic rings. The minimum absolute atomic E-state index is 0.220. The van der Waals surface area contributed by atoms with Gasteiger partial charge < -0.3 is 15.2 Å². The Morgan fingerprint density at radius 2 is 2.41 bits per heavy atom. The lowest BCUT2D eigenvalue weighted by Crippen LogP contribution is -2.48. The Bertz CT molecular complexity index is 363. The monoisotopic (exact) mass is 236 g/mol. The molecular formula is C12H20N4O. The van der Waals surface area contributed by atoms with Crippen molar-refractivity contribution in [3.05, 3.63) is 18.7 Å². The fraction of sp³-hybridized carbons (Fsp3) is 0.667. The number of aryl methyl sites for hydroxylation is 1. The Morgan fingerprint density at radius 3 is 3.06 bits per heavy atom. The van der Waals surface area contributed by atoms with Crippen LogP contribution in [-0.2, 0) is 11.3 Å². The zero-order valence-electron chi connectivity index (χ0n) is 10.2. The molecular weight excluding hydrogens is 216 g/mol. The second-order valence-electron chi connectivity index (χ2n) is 4.77. The van der Waals surface area contributed by atoms with Gasteiger partial charge in [-0.05, 0) is 19.8 Å². The smallest absolute Gasteiger partial charge is 0.224 e. The van der Waals surface area contributed by atoms with Crippen molar-refractivity contribution in [2.75, 3.05) is 6.54 Å². The maximum Gasteiger partial charge on any atom is 0.224 e. The van der Waals surface area contributed by atoms with E-state index in [9.17, 15) is 4.79 Å². The van der Waals surface area contributed by atoms with Gasteiger partial charge >= 0.3 is 0 Å². The van der Waals surface area contributed by atoms with Crippen molar-refractivity contribution in [3.63, 3.8) is 0 Å². The largest absolute Gasteiger partial charge is 0.340 e. The van der Waals surface area contributed by atoms with Crippen molar-refractivity contribution in [2.45, 2.75) is 44.8 Å². The van der Waals surface area contributed by atoms with Gasteiger partial charge in [0.05, 0.1) is 6.33 Å². The summed E-state index contributed by atoms with van der Waals surface area (Å²) in [5.74, 6) is 0.220. The van der Waals surface area contributed by atoms with Gasteiger partial charge in [0, 0.05) is 44.0 Å². The third-order valence-corrected chi connectivity index (χ3v) is 3.38. The van der Waals surface area contributed by atoms with Crippen LogP contribution in [-0.4, -0.2) is 39.0 Å². The van der Waals surface area contributed by atoms with Crippen LogP contribution in [0, 0.1) is 0 Å². The van der Waals surface area contributed by atoms with E-state index in [-0.39, 0.29) is 18.0 Å². The first-order valence-electron chi connectivity index (χ1n) is 6.17. The molecule has 1 aromatic heterocycles. The van der Waals surface area contributed by atoms with E-state index in [1.165, 1.54) is 0 Å². The van der Waals surface area contributed by atoms with E-state index < -0.39 is 0 Å². The van der Waals surface area contributed by atoms with Crippen LogP contribution in [0.15, 0.2) is 18.7 Å². The maximum atomic E-state index is 12.1. The fourth-order valence-electron chi connectivity index (χ4n) is 2.37. The molecule has 1 aromatic rings. The summed E-state index contributed by atoms with van der Waals surface area (Å²) in [7, 11) is 0. The van der Waals surface area contributed by atoms with Crippen LogP contribution < -0.4 is 5.73 Å². The predicted octanol–water partition coefficient (Wildman–Crippen LogP) is 0.611. The number of carbonyl (C=O) groups excluding carboxylic acids is 1. The molecule has 1 aliphatic heterocycles. The van der Waals surface area contributed by atoms with Crippen LogP contribution in [0.1, 0.15) is 26.2 Å². The average Bonchev–Trinajstić information content (AvgIpc) is 2.78. The van der Waals surface area contributed by atoms with Crippen molar-refractivity contribution >= 4 is 5.91 Å². The van der Waals surface area contributed by atoms with E-state index in [0.29, 0.717) is 13.0 Å². The highest BCUT2D eigenvalue weighted by Gasteiger charge is 2.26. The number of imidazole rings is 1. The van der Waals surface area contributed by atoms with E-state index in [1.807, 2.05) is 15.7 Å². The quantitative estimate of drug-likeness (QED) is 0.836. The molecule has 5 nitrogen and oxygen atoms in total. The minimum atomic E-state index is 0.220. The first kappa shape index (κ1) is 12.1. The molecule has 0 spiro atoms. The zero-order valence-corrected chi connectivity index (χ0v) is 10.2. The average molecular weight is 236 g/mol. The Balaban J connectivity index is 1.83. The lowest BCUT2D eigenvalue weighted by molar-refractivity contribution is -0.134. The third kappa shape index (κ3) is 3.06. The first-order chi connectivity index (χ1) is 8.16. The standard InChI is InChI=1S/C12H20N4O/c1-10-8-11(13)2-6-16(10)12(17)3-5-15-7-4-14-9-15/h4,7,9-11H,2-3,5-6,8,13H2,1H3. The van der Waals surface area contributed by atoms with Crippen molar-refractivity contribution in [1.82, 2.24) is 14.5 Å². The highest BCUT2D eigenvalue weighted by molar-refractivity contribution is 5.76. The van der Waals surface area contributed by atoms with Gasteiger partial charge in [-0.2, -0.15) is 0 Å². The summed E-state index contributed by atoms with van der Waals surface area (Å²) in [4.78, 5) is 18.0. The number of nitrogens with zero attached hydrogens (tertiary/aromatic N) is 3. The molecule has 0 bridgehead atoms. The van der Waals surface area contributed by atoms with Crippen LogP contribution in [0.2, 0.25) is 0 Å². The van der Waals surface area contributed by atoms with Gasteiger partial charge in [0.25, 0.3) is 0 Å². The highest BCUT2D eigenvalue weighted by Crippen LogP contribution is 2.16. The third-order valence-electron chi connectivity index (χ3n) is 3.38. The van der Waals surface area contributed by atoms with Crippen molar-refractivity contribution in [2.24, 2.45) is 5.73 Å². The van der Waals surface area contributed by atoms with Crippen LogP contribution in [0.25, 0.3) is 0 Å². The van der Waals surface area contributed by atoms with Gasteiger partial charge in [0.2, 0.25) is 5.91 Å². The first-order valence-corrected chi connectivity index (χ1v) is 6.17. The number of piperidine rings is 1. The van der Waals surface area contributed by atoms with Crippen molar-refractivity contribution < 1.29 is 4.79 Å². The molecule has 17 heavy (non-hydrogen) atoms. The number of aromatic nitrogens is 2. The molecule has 0 saturated carbocycles. The van der Waals surface area contributed by atoms with Gasteiger partial charge in [-0.25, -0.2) is 4.98 Å². The molecule has 2 atom stereocenters. The van der Waals surface area contributed by atoms with E-state index in [4.69, 9.17) is 5.73 Å². The molecule has 0 aliphatic carbocycles. The van der Waals surface area contributed by atoms with Crippen molar-refractivity contribution in [3.8, 4) is 0 Å². The molecule has 2 heterocycles. The van der Waals surface area contributed by atoms with Gasteiger partial charge in [-0.15, -0.1) is 0 Å². The summed E-state index contributed by atoms with van der Waals surface area (Å²) in [6, 6.07) is 0.525. The van der Waals surface area contributed by atoms with Crippen LogP contribution in [0.4, 0.5) is 0 Å². The predicted molar refractivity (Wildman–Crippen MR) is 65.2 cm³/mol. The number of likely N-dealkylation sites (tertiary alicyclic amines) is 1. The molecule has 1 saturated heterocycles. The second kappa shape index (κ2) is 5.31. The summed E-state index contributed by atoms with van der Waals surface area (Å²) < 4.78 is 1.93. The summed E-state index contributed by atoms with van der Waals surface area (Å²) in [5, 5.41) is 0. The highest BCUT2D eigenvalue weighted by atomic mass is 16.2. The molecule has 94 valence electrons. The van der Waals surface area contributed by atoms with Crippen LogP contribution in [0.3, 0.4) is 0 Å². The van der Waals surface area contributed by atoms with Crippen LogP contribution in [0.5, 0.6) is 0 Å². The Labute approximate surface area is 102 Å². The zero-order chi connectivity index (χ0) is 12.3. The maximum absolute atomic E-state index is 12.1. The topological polar surface area (TPSA) is 64.2 Å². The van der Waals surface area contributed by atoms with Crippen molar-refractivity contribution in [1.29, 1.82) is 0 Å². The van der Waals surface area contributed by atoms with E-state index in [2.05, 4.69) is 11.9 Å². The number of nitrogens with two attached hydrogens (primary N) is 1. The summed E-state index contributed by atoms with van der Waals surface area (Å²) in [6.07, 6.45) is 7.71. The summed E-state index contributed by atoms with van der Waals surface area (Å²) in [5.41, 5.74) is 5.89. The number of rotatable bonds is 3. The SMILES string of the molecule is CC1CC(N)CCN1C(=O)CCn1ccnc1. The van der Waals surface area contributed by atoms with Gasteiger partial charge in [0.1, 0.15) is 0 Å². The minimum Gasteiger partial charge on any atom is -0.340 e. The molecule has 0 radical (unpaired) electrons. The lowest BCUT2D eigenvalue weighted by Gasteiger charge is -2.36. The van der Waals surface area contributed by atoms with E-state index in [1.54, 1.807) is 12.5 Å². The Kier molecular flexibility index (Phi) is 3.78. The van der Waals surface area contributed by atoms with E-state index in [0.717, 1.165) is 19.4 Å². The molecule has 2 unspecified atom stereocenters. The van der Waals surface area contributed by atoms with Gasteiger partial charge in [-0.3, -0.25) is 4.79 Å². The molecule has 5 heteroatoms. The molecule has 2 rings (SSSR count). The summed E-state index contributed by atoms with van der Waals surface area (Å²) in [6.45, 7) is 3.58. The number of hydrogen-bond acceptors (Lipinski definition) is 3. The number of hydrogen-bond donors (Lipinski definition) is 1.